The Bertz CT molecular complexity index is 756. The SMILES string of the molecule is O=C1NCCN(CCN2CCNC2=O)C1Cc1nc2ccccc2o1. The van der Waals surface area contributed by atoms with E-state index in [0.29, 0.717) is 45.0 Å². The number of benzene rings is 1. The van der Waals surface area contributed by atoms with Crippen molar-refractivity contribution in [3.05, 3.63) is 30.2 Å². The molecule has 3 amide bonds. The second-order valence-electron chi connectivity index (χ2n) is 6.34. The summed E-state index contributed by atoms with van der Waals surface area (Å²) in [6.45, 7) is 4.05. The van der Waals surface area contributed by atoms with Gasteiger partial charge in [-0.05, 0) is 12.1 Å². The van der Waals surface area contributed by atoms with Crippen molar-refractivity contribution in [2.75, 3.05) is 39.3 Å². The molecule has 1 aromatic carbocycles. The highest BCUT2D eigenvalue weighted by atomic mass is 16.3. The second-order valence-corrected chi connectivity index (χ2v) is 6.34. The first-order valence-electron chi connectivity index (χ1n) is 8.60. The topological polar surface area (TPSA) is 90.7 Å². The lowest BCUT2D eigenvalue weighted by Gasteiger charge is -2.35. The number of hydrogen-bond acceptors (Lipinski definition) is 5. The number of piperazine rings is 1. The monoisotopic (exact) mass is 343 g/mol. The number of aromatic nitrogens is 1. The van der Waals surface area contributed by atoms with Gasteiger partial charge in [-0.1, -0.05) is 12.1 Å². The van der Waals surface area contributed by atoms with E-state index in [1.807, 2.05) is 24.3 Å². The number of rotatable bonds is 5. The fraction of sp³-hybridized carbons (Fsp3) is 0.471. The van der Waals surface area contributed by atoms with Gasteiger partial charge < -0.3 is 20.0 Å². The van der Waals surface area contributed by atoms with E-state index in [-0.39, 0.29) is 18.0 Å². The highest BCUT2D eigenvalue weighted by Crippen LogP contribution is 2.18. The van der Waals surface area contributed by atoms with Crippen LogP contribution in [0.15, 0.2) is 28.7 Å². The molecule has 0 aliphatic carbocycles. The Morgan fingerprint density at radius 2 is 1.96 bits per heavy atom. The minimum Gasteiger partial charge on any atom is -0.441 e. The Labute approximate surface area is 145 Å². The molecule has 2 aliphatic rings. The van der Waals surface area contributed by atoms with Gasteiger partial charge in [0.15, 0.2) is 11.5 Å². The molecule has 1 aromatic heterocycles. The minimum absolute atomic E-state index is 0.0145. The van der Waals surface area contributed by atoms with E-state index < -0.39 is 0 Å². The summed E-state index contributed by atoms with van der Waals surface area (Å²) in [6, 6.07) is 7.22. The molecule has 25 heavy (non-hydrogen) atoms. The summed E-state index contributed by atoms with van der Waals surface area (Å²) in [4.78, 5) is 32.4. The molecule has 0 spiro atoms. The largest absolute Gasteiger partial charge is 0.441 e. The molecular weight excluding hydrogens is 322 g/mol. The first kappa shape index (κ1) is 15.9. The van der Waals surface area contributed by atoms with Crippen LogP contribution in [0.3, 0.4) is 0 Å². The molecule has 132 valence electrons. The molecule has 4 rings (SSSR count). The Morgan fingerprint density at radius 3 is 2.76 bits per heavy atom. The van der Waals surface area contributed by atoms with Crippen molar-refractivity contribution >= 4 is 23.0 Å². The number of carbonyl (C=O) groups is 2. The maximum atomic E-state index is 12.4. The molecule has 0 bridgehead atoms. The number of nitrogens with one attached hydrogen (secondary N) is 2. The van der Waals surface area contributed by atoms with Crippen molar-refractivity contribution in [3.63, 3.8) is 0 Å². The van der Waals surface area contributed by atoms with E-state index in [0.717, 1.165) is 17.6 Å². The summed E-state index contributed by atoms with van der Waals surface area (Å²) in [7, 11) is 0. The summed E-state index contributed by atoms with van der Waals surface area (Å²) in [5.41, 5.74) is 1.53. The van der Waals surface area contributed by atoms with Crippen molar-refractivity contribution in [1.29, 1.82) is 0 Å². The predicted molar refractivity (Wildman–Crippen MR) is 91.1 cm³/mol. The zero-order chi connectivity index (χ0) is 17.2. The molecule has 8 heteroatoms. The maximum absolute atomic E-state index is 12.4. The van der Waals surface area contributed by atoms with Gasteiger partial charge in [0.1, 0.15) is 5.52 Å². The molecule has 2 fully saturated rings. The standard InChI is InChI=1S/C17H21N5O3/c23-16-13(11-15-20-12-3-1-2-4-14(12)25-15)21(7-5-18-16)9-10-22-8-6-19-17(22)24/h1-4,13H,5-11H2,(H,18,23)(H,19,24). The van der Waals surface area contributed by atoms with Gasteiger partial charge in [0.2, 0.25) is 5.91 Å². The van der Waals surface area contributed by atoms with Gasteiger partial charge in [0, 0.05) is 45.7 Å². The van der Waals surface area contributed by atoms with Crippen LogP contribution in [0.25, 0.3) is 11.1 Å². The Balaban J connectivity index is 1.46. The molecule has 0 saturated carbocycles. The van der Waals surface area contributed by atoms with Crippen LogP contribution in [0.2, 0.25) is 0 Å². The van der Waals surface area contributed by atoms with Gasteiger partial charge in [-0.3, -0.25) is 9.69 Å². The average Bonchev–Trinajstić information content (AvgIpc) is 3.20. The quantitative estimate of drug-likeness (QED) is 0.809. The Morgan fingerprint density at radius 1 is 1.12 bits per heavy atom. The van der Waals surface area contributed by atoms with Crippen molar-refractivity contribution < 1.29 is 14.0 Å². The van der Waals surface area contributed by atoms with Gasteiger partial charge in [0.05, 0.1) is 6.04 Å². The molecule has 0 radical (unpaired) electrons. The number of carbonyl (C=O) groups excluding carboxylic acids is 2. The van der Waals surface area contributed by atoms with E-state index >= 15 is 0 Å². The van der Waals surface area contributed by atoms with E-state index in [1.165, 1.54) is 0 Å². The van der Waals surface area contributed by atoms with Crippen LogP contribution in [0.4, 0.5) is 4.79 Å². The molecule has 1 atom stereocenters. The van der Waals surface area contributed by atoms with Gasteiger partial charge >= 0.3 is 6.03 Å². The van der Waals surface area contributed by atoms with Gasteiger partial charge in [0.25, 0.3) is 0 Å². The minimum atomic E-state index is -0.326. The average molecular weight is 343 g/mol. The number of oxazole rings is 1. The number of hydrogen-bond donors (Lipinski definition) is 2. The van der Waals surface area contributed by atoms with E-state index in [1.54, 1.807) is 4.90 Å². The molecule has 2 saturated heterocycles. The Hall–Kier alpha value is -2.61. The normalized spacial score (nSPS) is 21.6. The van der Waals surface area contributed by atoms with Crippen LogP contribution in [0.5, 0.6) is 0 Å². The van der Waals surface area contributed by atoms with Gasteiger partial charge in [-0.2, -0.15) is 0 Å². The van der Waals surface area contributed by atoms with Crippen LogP contribution in [-0.4, -0.2) is 72.0 Å². The summed E-state index contributed by atoms with van der Waals surface area (Å²) < 4.78 is 5.77. The summed E-state index contributed by atoms with van der Waals surface area (Å²) in [6.07, 6.45) is 0.423. The molecule has 8 nitrogen and oxygen atoms in total. The number of fused-ring (bicyclic) bond motifs is 1. The molecule has 2 aromatic rings. The number of urea groups is 1. The number of nitrogens with zero attached hydrogens (tertiary/aromatic N) is 3. The lowest BCUT2D eigenvalue weighted by atomic mass is 10.1. The Kier molecular flexibility index (Phi) is 4.27. The fourth-order valence-electron chi connectivity index (χ4n) is 3.40. The highest BCUT2D eigenvalue weighted by molar-refractivity contribution is 5.83. The van der Waals surface area contributed by atoms with Crippen LogP contribution >= 0.6 is 0 Å². The van der Waals surface area contributed by atoms with Crippen molar-refractivity contribution in [1.82, 2.24) is 25.4 Å². The lowest BCUT2D eigenvalue weighted by Crippen LogP contribution is -2.57. The van der Waals surface area contributed by atoms with Gasteiger partial charge in [-0.15, -0.1) is 0 Å². The third kappa shape index (κ3) is 3.30. The third-order valence-electron chi connectivity index (χ3n) is 4.75. The van der Waals surface area contributed by atoms with Crippen LogP contribution in [0.1, 0.15) is 5.89 Å². The molecule has 2 aliphatic heterocycles. The number of para-hydroxylation sites is 2. The van der Waals surface area contributed by atoms with Crippen molar-refractivity contribution in [2.45, 2.75) is 12.5 Å². The van der Waals surface area contributed by atoms with Crippen molar-refractivity contribution in [2.24, 2.45) is 0 Å². The molecule has 3 heterocycles. The predicted octanol–water partition coefficient (Wildman–Crippen LogP) is 0.196. The highest BCUT2D eigenvalue weighted by Gasteiger charge is 2.32. The van der Waals surface area contributed by atoms with Crippen LogP contribution < -0.4 is 10.6 Å². The van der Waals surface area contributed by atoms with E-state index in [2.05, 4.69) is 20.5 Å². The maximum Gasteiger partial charge on any atom is 0.317 e. The first-order chi connectivity index (χ1) is 12.2. The van der Waals surface area contributed by atoms with Crippen molar-refractivity contribution in [3.8, 4) is 0 Å². The van der Waals surface area contributed by atoms with Crippen LogP contribution in [-0.2, 0) is 11.2 Å². The van der Waals surface area contributed by atoms with E-state index in [9.17, 15) is 9.59 Å². The summed E-state index contributed by atoms with van der Waals surface area (Å²) in [5.74, 6) is 0.548. The molecular formula is C17H21N5O3. The summed E-state index contributed by atoms with van der Waals surface area (Å²) >= 11 is 0. The zero-order valence-electron chi connectivity index (χ0n) is 13.9. The first-order valence-corrected chi connectivity index (χ1v) is 8.60. The summed E-state index contributed by atoms with van der Waals surface area (Å²) in [5, 5.41) is 5.71. The third-order valence-corrected chi connectivity index (χ3v) is 4.75. The van der Waals surface area contributed by atoms with E-state index in [4.69, 9.17) is 4.42 Å². The zero-order valence-corrected chi connectivity index (χ0v) is 13.9. The smallest absolute Gasteiger partial charge is 0.317 e. The molecule has 1 unspecified atom stereocenters. The van der Waals surface area contributed by atoms with Crippen LogP contribution in [0, 0.1) is 0 Å². The molecule has 2 N–H and O–H groups in total. The van der Waals surface area contributed by atoms with Gasteiger partial charge in [-0.25, -0.2) is 9.78 Å². The lowest BCUT2D eigenvalue weighted by molar-refractivity contribution is -0.129. The fourth-order valence-corrected chi connectivity index (χ4v) is 3.40. The second kappa shape index (κ2) is 6.72. The number of amides is 3.